The van der Waals surface area contributed by atoms with Crippen LogP contribution in [0.1, 0.15) is 31.4 Å². The third-order valence-electron chi connectivity index (χ3n) is 2.39. The Labute approximate surface area is 78.2 Å². The fourth-order valence-electron chi connectivity index (χ4n) is 1.24. The van der Waals surface area contributed by atoms with Gasteiger partial charge in [0.05, 0.1) is 5.60 Å². The predicted octanol–water partition coefficient (Wildman–Crippen LogP) is 2.75. The van der Waals surface area contributed by atoms with Gasteiger partial charge in [0, 0.05) is 5.56 Å². The Hall–Kier alpha value is -0.890. The van der Waals surface area contributed by atoms with E-state index in [1.807, 2.05) is 13.8 Å². The third-order valence-corrected chi connectivity index (χ3v) is 2.39. The summed E-state index contributed by atoms with van der Waals surface area (Å²) < 4.78 is 13.3. The van der Waals surface area contributed by atoms with Crippen molar-refractivity contribution in [1.82, 2.24) is 0 Å². The molecule has 0 aliphatic rings. The van der Waals surface area contributed by atoms with E-state index in [2.05, 4.69) is 0 Å². The van der Waals surface area contributed by atoms with E-state index < -0.39 is 5.60 Å². The lowest BCUT2D eigenvalue weighted by atomic mass is 9.92. The summed E-state index contributed by atoms with van der Waals surface area (Å²) in [4.78, 5) is 0. The summed E-state index contributed by atoms with van der Waals surface area (Å²) in [5.74, 6) is -0.336. The van der Waals surface area contributed by atoms with Crippen molar-refractivity contribution < 1.29 is 9.50 Å². The molecule has 1 unspecified atom stereocenters. The number of halogens is 1. The smallest absolute Gasteiger partial charge is 0.129 e. The molecule has 0 aliphatic carbocycles. The van der Waals surface area contributed by atoms with E-state index >= 15 is 0 Å². The van der Waals surface area contributed by atoms with Gasteiger partial charge < -0.3 is 5.11 Å². The molecule has 1 aromatic rings. The highest BCUT2D eigenvalue weighted by atomic mass is 19.1. The highest BCUT2D eigenvalue weighted by Crippen LogP contribution is 2.27. The number of rotatable bonds is 2. The molecule has 0 aromatic heterocycles. The summed E-state index contributed by atoms with van der Waals surface area (Å²) in [6, 6.07) is 4.79. The van der Waals surface area contributed by atoms with Gasteiger partial charge in [0.2, 0.25) is 0 Å². The van der Waals surface area contributed by atoms with E-state index in [4.69, 9.17) is 0 Å². The molecule has 1 nitrogen and oxygen atoms in total. The largest absolute Gasteiger partial charge is 0.385 e. The maximum Gasteiger partial charge on any atom is 0.129 e. The van der Waals surface area contributed by atoms with Gasteiger partial charge in [0.15, 0.2) is 0 Å². The normalized spacial score (nSPS) is 15.5. The van der Waals surface area contributed by atoms with Gasteiger partial charge in [-0.1, -0.05) is 24.6 Å². The van der Waals surface area contributed by atoms with Crippen molar-refractivity contribution in [2.75, 3.05) is 0 Å². The fraction of sp³-hybridized carbons (Fsp3) is 0.455. The zero-order valence-electron chi connectivity index (χ0n) is 8.26. The molecule has 1 aromatic carbocycles. The maximum atomic E-state index is 13.3. The highest BCUT2D eigenvalue weighted by Gasteiger charge is 2.23. The zero-order chi connectivity index (χ0) is 10.1. The van der Waals surface area contributed by atoms with Crippen molar-refractivity contribution in [3.63, 3.8) is 0 Å². The first-order chi connectivity index (χ1) is 5.97. The van der Waals surface area contributed by atoms with Gasteiger partial charge in [-0.2, -0.15) is 0 Å². The Morgan fingerprint density at radius 1 is 1.46 bits per heavy atom. The molecule has 1 N–H and O–H groups in total. The lowest BCUT2D eigenvalue weighted by Crippen LogP contribution is -2.21. The van der Waals surface area contributed by atoms with Crippen LogP contribution in [0, 0.1) is 12.7 Å². The average Bonchev–Trinajstić information content (AvgIpc) is 2.09. The predicted molar refractivity (Wildman–Crippen MR) is 51.0 cm³/mol. The van der Waals surface area contributed by atoms with Gasteiger partial charge in [-0.25, -0.2) is 4.39 Å². The quantitative estimate of drug-likeness (QED) is 0.745. The van der Waals surface area contributed by atoms with Gasteiger partial charge in [-0.3, -0.25) is 0 Å². The minimum atomic E-state index is -1.06. The molecule has 1 atom stereocenters. The van der Waals surface area contributed by atoms with Crippen LogP contribution in [0.3, 0.4) is 0 Å². The van der Waals surface area contributed by atoms with Crippen LogP contribution in [-0.4, -0.2) is 5.11 Å². The SMILES string of the molecule is CCC(C)(O)c1cc(C)ccc1F. The molecule has 0 saturated carbocycles. The highest BCUT2D eigenvalue weighted by molar-refractivity contribution is 5.28. The molecular formula is C11H15FO. The van der Waals surface area contributed by atoms with E-state index in [1.165, 1.54) is 6.07 Å². The minimum absolute atomic E-state index is 0.336. The van der Waals surface area contributed by atoms with E-state index in [0.29, 0.717) is 12.0 Å². The van der Waals surface area contributed by atoms with E-state index in [0.717, 1.165) is 5.56 Å². The molecule has 0 heterocycles. The number of aliphatic hydroxyl groups is 1. The van der Waals surface area contributed by atoms with Crippen LogP contribution >= 0.6 is 0 Å². The van der Waals surface area contributed by atoms with Crippen molar-refractivity contribution in [1.29, 1.82) is 0 Å². The van der Waals surface area contributed by atoms with Gasteiger partial charge in [0.25, 0.3) is 0 Å². The average molecular weight is 182 g/mol. The van der Waals surface area contributed by atoms with Gasteiger partial charge >= 0.3 is 0 Å². The van der Waals surface area contributed by atoms with Crippen molar-refractivity contribution in [3.8, 4) is 0 Å². The Bertz CT molecular complexity index is 305. The first kappa shape index (κ1) is 10.2. The lowest BCUT2D eigenvalue weighted by Gasteiger charge is -2.22. The Morgan fingerprint density at radius 3 is 2.62 bits per heavy atom. The van der Waals surface area contributed by atoms with Gasteiger partial charge in [-0.05, 0) is 26.3 Å². The molecule has 0 fully saturated rings. The topological polar surface area (TPSA) is 20.2 Å². The number of hydrogen-bond acceptors (Lipinski definition) is 1. The summed E-state index contributed by atoms with van der Waals surface area (Å²) >= 11 is 0. The van der Waals surface area contributed by atoms with Crippen LogP contribution in [0.4, 0.5) is 4.39 Å². The summed E-state index contributed by atoms with van der Waals surface area (Å²) in [7, 11) is 0. The zero-order valence-corrected chi connectivity index (χ0v) is 8.26. The molecule has 1 rings (SSSR count). The summed E-state index contributed by atoms with van der Waals surface area (Å²) in [6.45, 7) is 5.35. The first-order valence-electron chi connectivity index (χ1n) is 4.46. The second kappa shape index (κ2) is 3.46. The van der Waals surface area contributed by atoms with Crippen LogP contribution in [0.15, 0.2) is 18.2 Å². The monoisotopic (exact) mass is 182 g/mol. The van der Waals surface area contributed by atoms with E-state index in [9.17, 15) is 9.50 Å². The van der Waals surface area contributed by atoms with Crippen LogP contribution in [0.2, 0.25) is 0 Å². The second-order valence-corrected chi connectivity index (χ2v) is 3.61. The summed E-state index contributed by atoms with van der Waals surface area (Å²) in [6.07, 6.45) is 0.507. The molecule has 0 saturated heterocycles. The number of hydrogen-bond donors (Lipinski definition) is 1. The molecular weight excluding hydrogens is 167 g/mol. The Kier molecular flexibility index (Phi) is 2.71. The third kappa shape index (κ3) is 2.07. The van der Waals surface area contributed by atoms with E-state index in [1.54, 1.807) is 19.1 Å². The molecule has 2 heteroatoms. The molecule has 0 spiro atoms. The van der Waals surface area contributed by atoms with E-state index in [-0.39, 0.29) is 5.82 Å². The molecule has 13 heavy (non-hydrogen) atoms. The second-order valence-electron chi connectivity index (χ2n) is 3.61. The lowest BCUT2D eigenvalue weighted by molar-refractivity contribution is 0.0492. The maximum absolute atomic E-state index is 13.3. The van der Waals surface area contributed by atoms with Crippen molar-refractivity contribution >= 4 is 0 Å². The molecule has 72 valence electrons. The molecule has 0 amide bonds. The van der Waals surface area contributed by atoms with Crippen molar-refractivity contribution in [2.24, 2.45) is 0 Å². The number of aryl methyl sites for hydroxylation is 1. The minimum Gasteiger partial charge on any atom is -0.385 e. The van der Waals surface area contributed by atoms with Gasteiger partial charge in [-0.15, -0.1) is 0 Å². The Balaban J connectivity index is 3.20. The van der Waals surface area contributed by atoms with Crippen molar-refractivity contribution in [2.45, 2.75) is 32.8 Å². The van der Waals surface area contributed by atoms with Crippen LogP contribution in [0.5, 0.6) is 0 Å². The molecule has 0 aliphatic heterocycles. The molecule has 0 bridgehead atoms. The van der Waals surface area contributed by atoms with Gasteiger partial charge in [0.1, 0.15) is 5.82 Å². The standard InChI is InChI=1S/C11H15FO/c1-4-11(3,13)9-7-8(2)5-6-10(9)12/h5-7,13H,4H2,1-3H3. The van der Waals surface area contributed by atoms with Crippen LogP contribution < -0.4 is 0 Å². The Morgan fingerprint density at radius 2 is 2.08 bits per heavy atom. The molecule has 0 radical (unpaired) electrons. The van der Waals surface area contributed by atoms with Crippen molar-refractivity contribution in [3.05, 3.63) is 35.1 Å². The summed E-state index contributed by atoms with van der Waals surface area (Å²) in [5.41, 5.74) is 0.288. The summed E-state index contributed by atoms with van der Waals surface area (Å²) in [5, 5.41) is 9.86. The van der Waals surface area contributed by atoms with Crippen LogP contribution in [-0.2, 0) is 5.60 Å². The van der Waals surface area contributed by atoms with Crippen LogP contribution in [0.25, 0.3) is 0 Å². The first-order valence-corrected chi connectivity index (χ1v) is 4.46. The fourth-order valence-corrected chi connectivity index (χ4v) is 1.24. The number of benzene rings is 1.